The number of nitrogens with zero attached hydrogens (tertiary/aromatic N) is 1. The molecule has 0 aliphatic heterocycles. The van der Waals surface area contributed by atoms with Crippen molar-refractivity contribution in [3.63, 3.8) is 0 Å². The van der Waals surface area contributed by atoms with Crippen molar-refractivity contribution in [2.45, 2.75) is 26.8 Å². The second-order valence-corrected chi connectivity index (χ2v) is 4.87. The van der Waals surface area contributed by atoms with Gasteiger partial charge in [0.2, 0.25) is 5.91 Å². The molecular weight excluding hydrogens is 256 g/mol. The number of amides is 1. The van der Waals surface area contributed by atoms with Crippen LogP contribution in [0.2, 0.25) is 0 Å². The van der Waals surface area contributed by atoms with E-state index in [2.05, 4.69) is 5.32 Å². The molecule has 5 heteroatoms. The topological polar surface area (TPSA) is 69.6 Å². The number of nitrogens with one attached hydrogen (secondary N) is 1. The van der Waals surface area contributed by atoms with Crippen LogP contribution in [-0.2, 0) is 16.1 Å². The largest absolute Gasteiger partial charge is 0.480 e. The molecule has 2 N–H and O–H groups in total. The summed E-state index contributed by atoms with van der Waals surface area (Å²) >= 11 is 0. The molecule has 1 aromatic rings. The maximum absolute atomic E-state index is 11.8. The first kappa shape index (κ1) is 16.2. The smallest absolute Gasteiger partial charge is 0.317 e. The average molecular weight is 278 g/mol. The summed E-state index contributed by atoms with van der Waals surface area (Å²) < 4.78 is 0. The van der Waals surface area contributed by atoms with Gasteiger partial charge < -0.3 is 10.4 Å². The summed E-state index contributed by atoms with van der Waals surface area (Å²) in [6.07, 6.45) is 0.818. The van der Waals surface area contributed by atoms with Crippen LogP contribution in [-0.4, -0.2) is 41.5 Å². The van der Waals surface area contributed by atoms with E-state index in [0.29, 0.717) is 13.1 Å². The molecule has 20 heavy (non-hydrogen) atoms. The van der Waals surface area contributed by atoms with E-state index in [1.54, 1.807) is 4.90 Å². The third kappa shape index (κ3) is 6.33. The van der Waals surface area contributed by atoms with Gasteiger partial charge in [-0.15, -0.1) is 0 Å². The maximum Gasteiger partial charge on any atom is 0.317 e. The number of carbonyl (C=O) groups excluding carboxylic acids is 1. The Bertz CT molecular complexity index is 443. The fourth-order valence-electron chi connectivity index (χ4n) is 1.89. The van der Waals surface area contributed by atoms with Crippen molar-refractivity contribution in [2.24, 2.45) is 0 Å². The van der Waals surface area contributed by atoms with Gasteiger partial charge >= 0.3 is 5.97 Å². The maximum atomic E-state index is 11.8. The highest BCUT2D eigenvalue weighted by atomic mass is 16.4. The Morgan fingerprint density at radius 1 is 1.20 bits per heavy atom. The van der Waals surface area contributed by atoms with Gasteiger partial charge in [-0.05, 0) is 25.5 Å². The molecule has 1 rings (SSSR count). The number of carbonyl (C=O) groups is 2. The van der Waals surface area contributed by atoms with Gasteiger partial charge in [-0.25, -0.2) is 0 Å². The van der Waals surface area contributed by atoms with Gasteiger partial charge in [0.15, 0.2) is 0 Å². The molecule has 0 atom stereocenters. The quantitative estimate of drug-likeness (QED) is 0.754. The highest BCUT2D eigenvalue weighted by Crippen LogP contribution is 2.02. The molecule has 1 aromatic carbocycles. The first-order valence-electron chi connectivity index (χ1n) is 6.77. The van der Waals surface area contributed by atoms with Crippen molar-refractivity contribution < 1.29 is 14.7 Å². The number of benzene rings is 1. The molecule has 0 aliphatic carbocycles. The van der Waals surface area contributed by atoms with Crippen LogP contribution < -0.4 is 5.32 Å². The summed E-state index contributed by atoms with van der Waals surface area (Å²) in [5.74, 6) is -1.06. The van der Waals surface area contributed by atoms with Gasteiger partial charge in [-0.2, -0.15) is 0 Å². The van der Waals surface area contributed by atoms with Crippen LogP contribution >= 0.6 is 0 Å². The number of carboxylic acids is 1. The highest BCUT2D eigenvalue weighted by molar-refractivity contribution is 5.79. The minimum atomic E-state index is -0.912. The number of hydrogen-bond acceptors (Lipinski definition) is 3. The van der Waals surface area contributed by atoms with Gasteiger partial charge in [0.25, 0.3) is 0 Å². The fraction of sp³-hybridized carbons (Fsp3) is 0.467. The summed E-state index contributed by atoms with van der Waals surface area (Å²) in [7, 11) is 0. The summed E-state index contributed by atoms with van der Waals surface area (Å²) in [6, 6.07) is 7.93. The van der Waals surface area contributed by atoms with E-state index in [4.69, 9.17) is 5.11 Å². The van der Waals surface area contributed by atoms with Crippen LogP contribution in [0.15, 0.2) is 24.3 Å². The molecule has 1 amide bonds. The molecule has 0 saturated heterocycles. The molecule has 0 aromatic heterocycles. The summed E-state index contributed by atoms with van der Waals surface area (Å²) in [6.45, 7) is 5.05. The SMILES string of the molecule is CCCN(CC(=O)O)CC(=O)NCc1ccc(C)cc1. The molecule has 0 saturated carbocycles. The van der Waals surface area contributed by atoms with Crippen LogP contribution in [0.4, 0.5) is 0 Å². The van der Waals surface area contributed by atoms with Gasteiger partial charge in [-0.1, -0.05) is 36.8 Å². The van der Waals surface area contributed by atoms with Crippen molar-refractivity contribution in [1.29, 1.82) is 0 Å². The Kier molecular flexibility index (Phi) is 6.73. The minimum absolute atomic E-state index is 0.105. The molecule has 0 bridgehead atoms. The predicted octanol–water partition coefficient (Wildman–Crippen LogP) is 1.41. The number of rotatable bonds is 8. The highest BCUT2D eigenvalue weighted by Gasteiger charge is 2.12. The molecule has 0 unspecified atom stereocenters. The van der Waals surface area contributed by atoms with Crippen LogP contribution in [0.25, 0.3) is 0 Å². The van der Waals surface area contributed by atoms with E-state index in [-0.39, 0.29) is 19.0 Å². The molecule has 0 heterocycles. The molecule has 0 fully saturated rings. The Hall–Kier alpha value is -1.88. The normalized spacial score (nSPS) is 10.6. The lowest BCUT2D eigenvalue weighted by Gasteiger charge is -2.18. The monoisotopic (exact) mass is 278 g/mol. The van der Waals surface area contributed by atoms with Crippen molar-refractivity contribution in [2.75, 3.05) is 19.6 Å². The summed E-state index contributed by atoms with van der Waals surface area (Å²) in [5, 5.41) is 11.6. The average Bonchev–Trinajstić information content (AvgIpc) is 2.37. The van der Waals surface area contributed by atoms with E-state index in [0.717, 1.165) is 12.0 Å². The van der Waals surface area contributed by atoms with Gasteiger partial charge in [0.05, 0.1) is 13.1 Å². The second kappa shape index (κ2) is 8.32. The minimum Gasteiger partial charge on any atom is -0.480 e. The molecule has 5 nitrogen and oxygen atoms in total. The summed E-state index contributed by atoms with van der Waals surface area (Å²) in [4.78, 5) is 24.1. The standard InChI is InChI=1S/C15H22N2O3/c1-3-8-17(11-15(19)20)10-14(18)16-9-13-6-4-12(2)5-7-13/h4-7H,3,8-11H2,1-2H3,(H,16,18)(H,19,20). The zero-order valence-corrected chi connectivity index (χ0v) is 12.1. The van der Waals surface area contributed by atoms with Crippen molar-refractivity contribution >= 4 is 11.9 Å². The Morgan fingerprint density at radius 3 is 2.40 bits per heavy atom. The van der Waals surface area contributed by atoms with Crippen LogP contribution in [0, 0.1) is 6.92 Å². The molecule has 0 radical (unpaired) electrons. The third-order valence-corrected chi connectivity index (χ3v) is 2.88. The van der Waals surface area contributed by atoms with E-state index < -0.39 is 5.97 Å². The lowest BCUT2D eigenvalue weighted by Crippen LogP contribution is -2.39. The van der Waals surface area contributed by atoms with Gasteiger partial charge in [0, 0.05) is 6.54 Å². The van der Waals surface area contributed by atoms with E-state index in [1.807, 2.05) is 38.1 Å². The molecule has 0 aliphatic rings. The second-order valence-electron chi connectivity index (χ2n) is 4.87. The van der Waals surface area contributed by atoms with Crippen LogP contribution in [0.3, 0.4) is 0 Å². The fourth-order valence-corrected chi connectivity index (χ4v) is 1.89. The Balaban J connectivity index is 2.41. The van der Waals surface area contributed by atoms with Gasteiger partial charge in [0.1, 0.15) is 0 Å². The van der Waals surface area contributed by atoms with Crippen molar-refractivity contribution in [3.8, 4) is 0 Å². The Labute approximate surface area is 119 Å². The van der Waals surface area contributed by atoms with E-state index in [9.17, 15) is 9.59 Å². The van der Waals surface area contributed by atoms with Crippen LogP contribution in [0.5, 0.6) is 0 Å². The zero-order valence-electron chi connectivity index (χ0n) is 12.1. The molecule has 0 spiro atoms. The number of hydrogen-bond donors (Lipinski definition) is 2. The van der Waals surface area contributed by atoms with Crippen molar-refractivity contribution in [3.05, 3.63) is 35.4 Å². The predicted molar refractivity (Wildman–Crippen MR) is 77.4 cm³/mol. The molecular formula is C15H22N2O3. The van der Waals surface area contributed by atoms with Gasteiger partial charge in [-0.3, -0.25) is 14.5 Å². The van der Waals surface area contributed by atoms with Crippen molar-refractivity contribution in [1.82, 2.24) is 10.2 Å². The van der Waals surface area contributed by atoms with Crippen LogP contribution in [0.1, 0.15) is 24.5 Å². The third-order valence-electron chi connectivity index (χ3n) is 2.88. The number of aryl methyl sites for hydroxylation is 1. The number of aliphatic carboxylic acids is 1. The van der Waals surface area contributed by atoms with E-state index >= 15 is 0 Å². The Morgan fingerprint density at radius 2 is 1.85 bits per heavy atom. The van der Waals surface area contributed by atoms with E-state index in [1.165, 1.54) is 5.56 Å². The zero-order chi connectivity index (χ0) is 15.0. The molecule has 110 valence electrons. The number of carboxylic acid groups (broad SMARTS) is 1. The lowest BCUT2D eigenvalue weighted by atomic mass is 10.1. The first-order chi connectivity index (χ1) is 9.51. The first-order valence-corrected chi connectivity index (χ1v) is 6.77. The lowest BCUT2D eigenvalue weighted by molar-refractivity contribution is -0.138. The summed E-state index contributed by atoms with van der Waals surface area (Å²) in [5.41, 5.74) is 2.21.